The molecule has 1 atom stereocenters. The fourth-order valence-electron chi connectivity index (χ4n) is 3.04. The molecule has 0 N–H and O–H groups in total. The van der Waals surface area contributed by atoms with Gasteiger partial charge in [0.25, 0.3) is 0 Å². The molecular weight excluding hydrogens is 383 g/mol. The van der Waals surface area contributed by atoms with Crippen LogP contribution in [0.1, 0.15) is 48.4 Å². The van der Waals surface area contributed by atoms with Crippen molar-refractivity contribution < 1.29 is 21.4 Å². The van der Waals surface area contributed by atoms with E-state index in [2.05, 4.69) is 54.4 Å². The molecule has 18 heavy (non-hydrogen) atoms. The van der Waals surface area contributed by atoms with Gasteiger partial charge in [-0.05, 0) is 0 Å². The van der Waals surface area contributed by atoms with Crippen molar-refractivity contribution in [3.05, 3.63) is 40.5 Å². The second-order valence-corrected chi connectivity index (χ2v) is 16.3. The summed E-state index contributed by atoms with van der Waals surface area (Å²) in [6.45, 7) is 6.80. The average Bonchev–Trinajstić information content (AvgIpc) is 2.67. The van der Waals surface area contributed by atoms with Crippen molar-refractivity contribution in [2.45, 2.75) is 52.6 Å². The van der Waals surface area contributed by atoms with Crippen molar-refractivity contribution >= 4 is 6.08 Å². The van der Waals surface area contributed by atoms with Crippen molar-refractivity contribution in [1.29, 1.82) is 0 Å². The molecule has 0 aliphatic heterocycles. The molecule has 97 valence electrons. The summed E-state index contributed by atoms with van der Waals surface area (Å²) < 4.78 is 5.65. The summed E-state index contributed by atoms with van der Waals surface area (Å²) in [5.74, 6) is 0. The summed E-state index contributed by atoms with van der Waals surface area (Å²) in [4.78, 5) is 0. The summed E-state index contributed by atoms with van der Waals surface area (Å²) in [6.07, 6.45) is 9.02. The van der Waals surface area contributed by atoms with Gasteiger partial charge in [-0.15, -0.1) is 0 Å². The van der Waals surface area contributed by atoms with Crippen molar-refractivity contribution in [1.82, 2.24) is 0 Å². The van der Waals surface area contributed by atoms with Crippen LogP contribution in [0, 0.1) is 13.8 Å². The van der Waals surface area contributed by atoms with Gasteiger partial charge in [-0.2, -0.15) is 0 Å². The van der Waals surface area contributed by atoms with Gasteiger partial charge < -0.3 is 0 Å². The first-order valence-corrected chi connectivity index (χ1v) is 16.1. The molecular formula is C17H25Hf. The molecule has 0 spiro atoms. The van der Waals surface area contributed by atoms with E-state index in [0.29, 0.717) is 3.17 Å². The summed E-state index contributed by atoms with van der Waals surface area (Å²) in [5.41, 5.74) is 6.06. The number of hydrogen-bond donors (Lipinski definition) is 0. The molecule has 1 aliphatic carbocycles. The van der Waals surface area contributed by atoms with E-state index >= 15 is 0 Å². The SMILES string of the molecule is CCCC[C]1([Hf]([CH3])[CH3])C=Cc2cc(C)c(C)cc21. The Hall–Kier alpha value is -0.170. The van der Waals surface area contributed by atoms with Gasteiger partial charge in [0.05, 0.1) is 0 Å². The third-order valence-electron chi connectivity index (χ3n) is 4.51. The molecule has 2 rings (SSSR count). The summed E-state index contributed by atoms with van der Waals surface area (Å²) in [6, 6.07) is 4.88. The minimum atomic E-state index is -1.51. The first kappa shape index (κ1) is 14.2. The van der Waals surface area contributed by atoms with Crippen molar-refractivity contribution in [3.63, 3.8) is 0 Å². The maximum atomic E-state index is 2.58. The number of rotatable bonds is 4. The first-order valence-electron chi connectivity index (χ1n) is 7.13. The average molecular weight is 408 g/mol. The second-order valence-electron chi connectivity index (χ2n) is 5.93. The van der Waals surface area contributed by atoms with Crippen LogP contribution in [0.5, 0.6) is 0 Å². The number of aryl methyl sites for hydroxylation is 2. The Bertz CT molecular complexity index is 471. The van der Waals surface area contributed by atoms with Crippen LogP contribution >= 0.6 is 0 Å². The monoisotopic (exact) mass is 409 g/mol. The molecule has 1 heteroatoms. The zero-order valence-electron chi connectivity index (χ0n) is 12.4. The van der Waals surface area contributed by atoms with Crippen LogP contribution in [0.2, 0.25) is 9.36 Å². The Morgan fingerprint density at radius 2 is 1.78 bits per heavy atom. The first-order chi connectivity index (χ1) is 8.51. The molecule has 1 aromatic carbocycles. The summed E-state index contributed by atoms with van der Waals surface area (Å²) >= 11 is -1.51. The van der Waals surface area contributed by atoms with E-state index in [0.717, 1.165) is 0 Å². The molecule has 0 saturated carbocycles. The Kier molecular flexibility index (Phi) is 4.31. The summed E-state index contributed by atoms with van der Waals surface area (Å²) in [7, 11) is 0. The normalized spacial score (nSPS) is 21.2. The predicted molar refractivity (Wildman–Crippen MR) is 77.9 cm³/mol. The van der Waals surface area contributed by atoms with E-state index in [1.807, 2.05) is 0 Å². The standard InChI is InChI=1S/C15H19.2CH3.Hf/c1-4-5-6-13-7-8-14-9-11(2)12(3)10-15(13)14;;;/h7-10H,4-6H2,1-3H3;2*1H3;. The van der Waals surface area contributed by atoms with Crippen LogP contribution < -0.4 is 0 Å². The van der Waals surface area contributed by atoms with E-state index in [-0.39, 0.29) is 0 Å². The minimum absolute atomic E-state index is 0.495. The van der Waals surface area contributed by atoms with E-state index < -0.39 is 21.4 Å². The van der Waals surface area contributed by atoms with E-state index in [1.54, 1.807) is 5.56 Å². The fourth-order valence-corrected chi connectivity index (χ4v) is 9.69. The molecule has 0 aromatic heterocycles. The van der Waals surface area contributed by atoms with Gasteiger partial charge >= 0.3 is 121 Å². The fraction of sp³-hybridized carbons (Fsp3) is 0.529. The number of hydrogen-bond acceptors (Lipinski definition) is 0. The van der Waals surface area contributed by atoms with Crippen molar-refractivity contribution in [2.24, 2.45) is 0 Å². The quantitative estimate of drug-likeness (QED) is 0.584. The Balaban J connectivity index is 2.49. The van der Waals surface area contributed by atoms with Crippen molar-refractivity contribution in [2.75, 3.05) is 0 Å². The maximum absolute atomic E-state index is 2.58. The van der Waals surface area contributed by atoms with E-state index in [4.69, 9.17) is 0 Å². The van der Waals surface area contributed by atoms with Crippen LogP contribution in [-0.2, 0) is 24.6 Å². The zero-order chi connectivity index (χ0) is 13.3. The number of unbranched alkanes of at least 4 members (excludes halogenated alkanes) is 1. The second kappa shape index (κ2) is 5.45. The van der Waals surface area contributed by atoms with Gasteiger partial charge in [0, 0.05) is 0 Å². The molecule has 1 aliphatic rings. The Morgan fingerprint density at radius 1 is 1.11 bits per heavy atom. The molecule has 0 saturated heterocycles. The van der Waals surface area contributed by atoms with Gasteiger partial charge in [-0.25, -0.2) is 0 Å². The van der Waals surface area contributed by atoms with Crippen LogP contribution in [0.25, 0.3) is 6.08 Å². The molecule has 1 aromatic rings. The van der Waals surface area contributed by atoms with E-state index in [9.17, 15) is 0 Å². The molecule has 0 amide bonds. The number of allylic oxidation sites excluding steroid dienone is 1. The van der Waals surface area contributed by atoms with Gasteiger partial charge in [0.1, 0.15) is 0 Å². The molecule has 0 fully saturated rings. The van der Waals surface area contributed by atoms with Crippen molar-refractivity contribution in [3.8, 4) is 0 Å². The number of fused-ring (bicyclic) bond motifs is 1. The topological polar surface area (TPSA) is 0 Å². The van der Waals surface area contributed by atoms with E-state index in [1.165, 1.54) is 36.0 Å². The van der Waals surface area contributed by atoms with Gasteiger partial charge in [-0.3, -0.25) is 0 Å². The Labute approximate surface area is 120 Å². The molecule has 0 radical (unpaired) electrons. The molecule has 0 heterocycles. The van der Waals surface area contributed by atoms with Gasteiger partial charge in [0.15, 0.2) is 0 Å². The zero-order valence-corrected chi connectivity index (χ0v) is 16.0. The van der Waals surface area contributed by atoms with Crippen LogP contribution in [0.15, 0.2) is 18.2 Å². The molecule has 1 unspecified atom stereocenters. The third-order valence-corrected chi connectivity index (χ3v) is 13.4. The van der Waals surface area contributed by atoms with Crippen LogP contribution in [0.4, 0.5) is 0 Å². The Morgan fingerprint density at radius 3 is 2.39 bits per heavy atom. The van der Waals surface area contributed by atoms with Gasteiger partial charge in [-0.1, -0.05) is 0 Å². The summed E-state index contributed by atoms with van der Waals surface area (Å²) in [5, 5.41) is 0. The number of benzene rings is 1. The van der Waals surface area contributed by atoms with Crippen LogP contribution in [-0.4, -0.2) is 0 Å². The van der Waals surface area contributed by atoms with Gasteiger partial charge in [0.2, 0.25) is 0 Å². The molecule has 0 nitrogen and oxygen atoms in total. The van der Waals surface area contributed by atoms with Crippen LogP contribution in [0.3, 0.4) is 0 Å². The third kappa shape index (κ3) is 2.31. The molecule has 0 bridgehead atoms. The predicted octanol–water partition coefficient (Wildman–Crippen LogP) is 5.43.